The number of ether oxygens (including phenoxy) is 5. The molecule has 1 heterocycles. The molecule has 4 aromatic carbocycles. The van der Waals surface area contributed by atoms with E-state index in [2.05, 4.69) is 0 Å². The van der Waals surface area contributed by atoms with E-state index in [0.717, 1.165) is 0 Å². The van der Waals surface area contributed by atoms with Gasteiger partial charge in [0.25, 0.3) is 0 Å². The number of carbonyl (C=O) groups is 4. The van der Waals surface area contributed by atoms with E-state index in [0.29, 0.717) is 0 Å². The molecule has 0 amide bonds. The van der Waals surface area contributed by atoms with E-state index in [1.807, 2.05) is 0 Å². The zero-order valence-electron chi connectivity index (χ0n) is 23.4. The van der Waals surface area contributed by atoms with Crippen LogP contribution in [0.2, 0.25) is 0 Å². The second-order valence-electron chi connectivity index (χ2n) is 9.81. The average molecular weight is 596 g/mol. The summed E-state index contributed by atoms with van der Waals surface area (Å²) in [6, 6.07) is 32.6. The molecular weight excluding hydrogens is 566 g/mol. The van der Waals surface area contributed by atoms with E-state index in [1.165, 1.54) is 12.1 Å². The van der Waals surface area contributed by atoms with Gasteiger partial charge in [-0.15, -0.1) is 0 Å². The number of hydrogen-bond acceptors (Lipinski definition) is 10. The Labute approximate surface area is 253 Å². The quantitative estimate of drug-likeness (QED) is 0.221. The van der Waals surface area contributed by atoms with Crippen molar-refractivity contribution in [2.24, 2.45) is 5.73 Å². The highest BCUT2D eigenvalue weighted by molar-refractivity contribution is 5.91. The largest absolute Gasteiger partial charge is 0.459 e. The molecule has 2 N–H and O–H groups in total. The van der Waals surface area contributed by atoms with Gasteiger partial charge in [0.2, 0.25) is 0 Å². The van der Waals surface area contributed by atoms with Crippen LogP contribution in [0.15, 0.2) is 121 Å². The second-order valence-corrected chi connectivity index (χ2v) is 9.81. The Kier molecular flexibility index (Phi) is 9.75. The van der Waals surface area contributed by atoms with Crippen LogP contribution >= 0.6 is 0 Å². The Morgan fingerprint density at radius 3 is 1.25 bits per heavy atom. The van der Waals surface area contributed by atoms with Crippen LogP contribution in [0.1, 0.15) is 41.4 Å². The Bertz CT molecular complexity index is 1570. The summed E-state index contributed by atoms with van der Waals surface area (Å²) in [5, 5.41) is 0. The third-order valence-electron chi connectivity index (χ3n) is 6.82. The van der Waals surface area contributed by atoms with Crippen LogP contribution in [-0.4, -0.2) is 61.1 Å². The van der Waals surface area contributed by atoms with Gasteiger partial charge in [-0.25, -0.2) is 19.2 Å². The van der Waals surface area contributed by atoms with Crippen molar-refractivity contribution in [3.8, 4) is 0 Å². The average Bonchev–Trinajstić information content (AvgIpc) is 3.07. The van der Waals surface area contributed by atoms with Crippen LogP contribution < -0.4 is 5.73 Å². The first-order valence-electron chi connectivity index (χ1n) is 13.8. The third kappa shape index (κ3) is 7.35. The van der Waals surface area contributed by atoms with E-state index in [-0.39, 0.29) is 22.3 Å². The number of hydrogen-bond donors (Lipinski definition) is 1. The van der Waals surface area contributed by atoms with Crippen molar-refractivity contribution < 1.29 is 42.9 Å². The van der Waals surface area contributed by atoms with Crippen LogP contribution in [-0.2, 0) is 23.7 Å². The van der Waals surface area contributed by atoms with Crippen molar-refractivity contribution in [3.63, 3.8) is 0 Å². The molecule has 0 spiro atoms. The molecule has 224 valence electrons. The smallest absolute Gasteiger partial charge is 0.338 e. The highest BCUT2D eigenvalue weighted by atomic mass is 16.7. The molecule has 0 radical (unpaired) electrons. The van der Waals surface area contributed by atoms with E-state index in [9.17, 15) is 19.2 Å². The minimum absolute atomic E-state index is 0.195. The highest BCUT2D eigenvalue weighted by Gasteiger charge is 2.52. The molecule has 1 fully saturated rings. The summed E-state index contributed by atoms with van der Waals surface area (Å²) in [7, 11) is 0. The predicted molar refractivity (Wildman–Crippen MR) is 157 cm³/mol. The highest BCUT2D eigenvalue weighted by Crippen LogP contribution is 2.29. The Morgan fingerprint density at radius 2 is 0.841 bits per heavy atom. The minimum Gasteiger partial charge on any atom is -0.459 e. The standard InChI is InChI=1S/C34H29NO9/c35-30-29(44-34(39)25-19-11-4-12-20-25)28(43-33(38)24-17-9-3-10-18-24)27(42-32(37)23-15-7-2-8-16-23)26(41-30)21-40-31(36)22-13-5-1-6-14-22/h1-20,26-30H,21,35H2/t26?,27-,28-,29?,30+/m0/s1. The molecule has 4 aromatic rings. The lowest BCUT2D eigenvalue weighted by molar-refractivity contribution is -0.227. The van der Waals surface area contributed by atoms with E-state index in [4.69, 9.17) is 29.4 Å². The summed E-state index contributed by atoms with van der Waals surface area (Å²) in [5.41, 5.74) is 7.24. The van der Waals surface area contributed by atoms with Crippen molar-refractivity contribution in [1.82, 2.24) is 0 Å². The Morgan fingerprint density at radius 1 is 0.500 bits per heavy atom. The molecule has 10 nitrogen and oxygen atoms in total. The normalized spacial score (nSPS) is 21.0. The van der Waals surface area contributed by atoms with E-state index >= 15 is 0 Å². The fourth-order valence-corrected chi connectivity index (χ4v) is 4.60. The first-order valence-corrected chi connectivity index (χ1v) is 13.8. The van der Waals surface area contributed by atoms with Crippen molar-refractivity contribution >= 4 is 23.9 Å². The van der Waals surface area contributed by atoms with Gasteiger partial charge in [0.1, 0.15) is 18.9 Å². The predicted octanol–water partition coefficient (Wildman–Crippen LogP) is 4.20. The molecule has 2 unspecified atom stereocenters. The second kappa shape index (κ2) is 14.2. The van der Waals surface area contributed by atoms with Gasteiger partial charge >= 0.3 is 23.9 Å². The molecule has 44 heavy (non-hydrogen) atoms. The van der Waals surface area contributed by atoms with Gasteiger partial charge in [-0.1, -0.05) is 72.8 Å². The first-order chi connectivity index (χ1) is 21.4. The summed E-state index contributed by atoms with van der Waals surface area (Å²) in [4.78, 5) is 52.5. The maximum atomic E-state index is 13.3. The van der Waals surface area contributed by atoms with Gasteiger partial charge in [-0.2, -0.15) is 0 Å². The molecule has 5 atom stereocenters. The van der Waals surface area contributed by atoms with Crippen LogP contribution in [0.4, 0.5) is 0 Å². The SMILES string of the molecule is N[C@@H]1OC(COC(=O)c2ccccc2)[C@H](OC(=O)c2ccccc2)[C@H](OC(=O)c2ccccc2)C1OC(=O)c1ccccc1. The van der Waals surface area contributed by atoms with Crippen LogP contribution in [0.25, 0.3) is 0 Å². The fraction of sp³-hybridized carbons (Fsp3) is 0.176. The number of esters is 4. The first kappa shape index (κ1) is 30.1. The number of rotatable bonds is 9. The van der Waals surface area contributed by atoms with Gasteiger partial charge in [-0.05, 0) is 48.5 Å². The summed E-state index contributed by atoms with van der Waals surface area (Å²) in [5.74, 6) is -2.99. The Balaban J connectivity index is 1.48. The number of nitrogens with two attached hydrogens (primary N) is 1. The van der Waals surface area contributed by atoms with Gasteiger partial charge < -0.3 is 29.4 Å². The van der Waals surface area contributed by atoms with E-state index < -0.39 is 61.1 Å². The summed E-state index contributed by atoms with van der Waals surface area (Å²) >= 11 is 0. The Hall–Kier alpha value is -5.32. The summed E-state index contributed by atoms with van der Waals surface area (Å²) in [6.07, 6.45) is -6.83. The van der Waals surface area contributed by atoms with Crippen LogP contribution in [0.3, 0.4) is 0 Å². The molecule has 0 aromatic heterocycles. The van der Waals surface area contributed by atoms with Crippen molar-refractivity contribution in [2.45, 2.75) is 30.6 Å². The molecule has 1 aliphatic rings. The van der Waals surface area contributed by atoms with E-state index in [1.54, 1.807) is 109 Å². The van der Waals surface area contributed by atoms with Crippen LogP contribution in [0, 0.1) is 0 Å². The lowest BCUT2D eigenvalue weighted by Gasteiger charge is -2.43. The molecule has 0 bridgehead atoms. The zero-order chi connectivity index (χ0) is 30.9. The summed E-state index contributed by atoms with van der Waals surface area (Å²) < 4.78 is 28.9. The van der Waals surface area contributed by atoms with Gasteiger partial charge in [-0.3, -0.25) is 0 Å². The molecule has 5 rings (SSSR count). The number of benzene rings is 4. The third-order valence-corrected chi connectivity index (χ3v) is 6.82. The van der Waals surface area contributed by atoms with Gasteiger partial charge in [0, 0.05) is 0 Å². The van der Waals surface area contributed by atoms with Crippen molar-refractivity contribution in [1.29, 1.82) is 0 Å². The van der Waals surface area contributed by atoms with Crippen molar-refractivity contribution in [3.05, 3.63) is 144 Å². The topological polar surface area (TPSA) is 140 Å². The molecule has 1 saturated heterocycles. The molecule has 0 saturated carbocycles. The molecular formula is C34H29NO9. The molecule has 0 aliphatic carbocycles. The monoisotopic (exact) mass is 595 g/mol. The number of carbonyl (C=O) groups excluding carboxylic acids is 4. The maximum Gasteiger partial charge on any atom is 0.338 e. The fourth-order valence-electron chi connectivity index (χ4n) is 4.60. The zero-order valence-corrected chi connectivity index (χ0v) is 23.4. The molecule has 1 aliphatic heterocycles. The summed E-state index contributed by atoms with van der Waals surface area (Å²) in [6.45, 7) is -0.424. The maximum absolute atomic E-state index is 13.3. The van der Waals surface area contributed by atoms with Crippen molar-refractivity contribution in [2.75, 3.05) is 6.61 Å². The van der Waals surface area contributed by atoms with Gasteiger partial charge in [0.15, 0.2) is 18.3 Å². The minimum atomic E-state index is -1.45. The van der Waals surface area contributed by atoms with Crippen LogP contribution in [0.5, 0.6) is 0 Å². The lowest BCUT2D eigenvalue weighted by atomic mass is 9.97. The lowest BCUT2D eigenvalue weighted by Crippen LogP contribution is -2.64. The van der Waals surface area contributed by atoms with Gasteiger partial charge in [0.05, 0.1) is 22.3 Å². The molecule has 10 heteroatoms.